The largest absolute Gasteiger partial charge is 0.490 e. The van der Waals surface area contributed by atoms with Gasteiger partial charge in [0.05, 0.1) is 35.6 Å². The molecule has 4 aromatic heterocycles. The van der Waals surface area contributed by atoms with Crippen molar-refractivity contribution in [3.63, 3.8) is 0 Å². The lowest BCUT2D eigenvalue weighted by atomic mass is 10.2. The number of rotatable bonds is 9. The molecule has 1 saturated carbocycles. The molecule has 1 unspecified atom stereocenters. The molecule has 1 aliphatic carbocycles. The van der Waals surface area contributed by atoms with Crippen molar-refractivity contribution in [3.8, 4) is 22.8 Å². The number of anilines is 1. The van der Waals surface area contributed by atoms with Crippen molar-refractivity contribution in [2.24, 2.45) is 0 Å². The second-order valence-electron chi connectivity index (χ2n) is 9.05. The number of hydrogen-bond acceptors (Lipinski definition) is 6. The third kappa shape index (κ3) is 4.81. The maximum atomic E-state index is 5.88. The highest BCUT2D eigenvalue weighted by Crippen LogP contribution is 2.39. The van der Waals surface area contributed by atoms with Crippen LogP contribution in [-0.2, 0) is 0 Å². The highest BCUT2D eigenvalue weighted by molar-refractivity contribution is 5.62. The van der Waals surface area contributed by atoms with Crippen LogP contribution in [0.1, 0.15) is 37.4 Å². The zero-order valence-corrected chi connectivity index (χ0v) is 20.0. The fourth-order valence-corrected chi connectivity index (χ4v) is 4.11. The SMILES string of the molecule is CC(COc1cccnc1)n1cnnc1-c1cccc(N[n+]2ccc(-n3cnc(C4CC4)c3)cc2)c1. The number of imidazole rings is 1. The van der Waals surface area contributed by atoms with Crippen LogP contribution in [0.25, 0.3) is 17.1 Å². The number of nitrogens with one attached hydrogen (secondary N) is 1. The fraction of sp³-hybridized carbons (Fsp3) is 0.222. The minimum absolute atomic E-state index is 0.0392. The Morgan fingerprint density at radius 1 is 1.11 bits per heavy atom. The summed E-state index contributed by atoms with van der Waals surface area (Å²) in [5, 5.41) is 8.53. The highest BCUT2D eigenvalue weighted by atomic mass is 16.5. The van der Waals surface area contributed by atoms with E-state index in [1.54, 1.807) is 18.7 Å². The molecule has 9 nitrogen and oxygen atoms in total. The zero-order chi connectivity index (χ0) is 24.3. The van der Waals surface area contributed by atoms with Gasteiger partial charge >= 0.3 is 0 Å². The van der Waals surface area contributed by atoms with Crippen molar-refractivity contribution in [2.75, 3.05) is 12.0 Å². The predicted octanol–water partition coefficient (Wildman–Crippen LogP) is 4.21. The molecule has 1 aromatic carbocycles. The molecule has 1 N–H and O–H groups in total. The summed E-state index contributed by atoms with van der Waals surface area (Å²) in [5.41, 5.74) is 7.59. The van der Waals surface area contributed by atoms with Crippen LogP contribution in [0, 0.1) is 0 Å². The monoisotopic (exact) mass is 479 g/mol. The Hall–Kier alpha value is -4.53. The van der Waals surface area contributed by atoms with E-state index < -0.39 is 0 Å². The first kappa shape index (κ1) is 22.0. The Labute approximate surface area is 209 Å². The van der Waals surface area contributed by atoms with Crippen LogP contribution in [0.15, 0.2) is 92.2 Å². The maximum absolute atomic E-state index is 5.88. The van der Waals surface area contributed by atoms with Crippen molar-refractivity contribution in [3.05, 3.63) is 97.9 Å². The van der Waals surface area contributed by atoms with E-state index in [9.17, 15) is 0 Å². The number of aromatic nitrogens is 7. The lowest BCUT2D eigenvalue weighted by Crippen LogP contribution is -2.41. The summed E-state index contributed by atoms with van der Waals surface area (Å²) in [6, 6.07) is 16.1. The van der Waals surface area contributed by atoms with Crippen LogP contribution in [-0.4, -0.2) is 35.9 Å². The number of pyridine rings is 2. The van der Waals surface area contributed by atoms with Crippen LogP contribution in [0.2, 0.25) is 0 Å². The third-order valence-corrected chi connectivity index (χ3v) is 6.26. The van der Waals surface area contributed by atoms with Gasteiger partial charge in [-0.1, -0.05) is 16.8 Å². The molecule has 0 radical (unpaired) electrons. The van der Waals surface area contributed by atoms with E-state index in [2.05, 4.69) is 61.5 Å². The quantitative estimate of drug-likeness (QED) is 0.319. The van der Waals surface area contributed by atoms with E-state index in [4.69, 9.17) is 4.74 Å². The third-order valence-electron chi connectivity index (χ3n) is 6.26. The van der Waals surface area contributed by atoms with Crippen LogP contribution in [0.5, 0.6) is 5.75 Å². The molecular formula is C27H27N8O+. The second-order valence-corrected chi connectivity index (χ2v) is 9.05. The van der Waals surface area contributed by atoms with Gasteiger partial charge in [-0.2, -0.15) is 5.43 Å². The molecule has 6 rings (SSSR count). The molecule has 36 heavy (non-hydrogen) atoms. The van der Waals surface area contributed by atoms with Crippen molar-refractivity contribution < 1.29 is 9.41 Å². The predicted molar refractivity (Wildman–Crippen MR) is 135 cm³/mol. The van der Waals surface area contributed by atoms with E-state index in [-0.39, 0.29) is 6.04 Å². The normalized spacial score (nSPS) is 13.9. The van der Waals surface area contributed by atoms with Gasteiger partial charge in [-0.05, 0) is 44.0 Å². The first-order valence-electron chi connectivity index (χ1n) is 12.1. The van der Waals surface area contributed by atoms with Crippen molar-refractivity contribution >= 4 is 5.69 Å². The lowest BCUT2D eigenvalue weighted by Gasteiger charge is -2.16. The molecule has 5 aromatic rings. The average molecular weight is 480 g/mol. The van der Waals surface area contributed by atoms with Gasteiger partial charge in [-0.15, -0.1) is 10.2 Å². The topological polar surface area (TPSA) is 86.6 Å². The highest BCUT2D eigenvalue weighted by Gasteiger charge is 2.25. The molecule has 0 amide bonds. The van der Waals surface area contributed by atoms with Gasteiger partial charge in [-0.3, -0.25) is 4.98 Å². The molecule has 1 fully saturated rings. The van der Waals surface area contributed by atoms with Gasteiger partial charge in [0.1, 0.15) is 18.7 Å². The average Bonchev–Trinajstić information content (AvgIpc) is 3.44. The number of benzene rings is 1. The van der Waals surface area contributed by atoms with E-state index in [1.165, 1.54) is 18.5 Å². The molecule has 9 heteroatoms. The number of ether oxygens (including phenoxy) is 1. The van der Waals surface area contributed by atoms with Gasteiger partial charge in [0.15, 0.2) is 5.82 Å². The number of hydrogen-bond donors (Lipinski definition) is 1. The maximum Gasteiger partial charge on any atom is 0.201 e. The van der Waals surface area contributed by atoms with Crippen molar-refractivity contribution in [1.29, 1.82) is 0 Å². The first-order valence-corrected chi connectivity index (χ1v) is 12.1. The summed E-state index contributed by atoms with van der Waals surface area (Å²) in [7, 11) is 0. The molecule has 180 valence electrons. The Kier molecular flexibility index (Phi) is 5.87. The molecule has 0 spiro atoms. The van der Waals surface area contributed by atoms with E-state index in [0.717, 1.165) is 28.5 Å². The lowest BCUT2D eigenvalue weighted by molar-refractivity contribution is -0.642. The summed E-state index contributed by atoms with van der Waals surface area (Å²) >= 11 is 0. The van der Waals surface area contributed by atoms with E-state index in [1.807, 2.05) is 58.3 Å². The molecule has 1 atom stereocenters. The smallest absolute Gasteiger partial charge is 0.201 e. The van der Waals surface area contributed by atoms with E-state index in [0.29, 0.717) is 12.5 Å². The van der Waals surface area contributed by atoms with Gasteiger partial charge in [0.25, 0.3) is 0 Å². The standard InChI is InChI=1S/C27H27N8O/c1-20(17-36-25-6-3-11-28-15-25)35-19-30-31-27(35)22-4-2-5-23(14-22)32-34-12-9-24(10-13-34)33-16-26(29-18-33)21-7-8-21/h2-6,9-16,18-21,32H,7-8,17H2,1H3/q+1. The van der Waals surface area contributed by atoms with Crippen LogP contribution in [0.3, 0.4) is 0 Å². The fourth-order valence-electron chi connectivity index (χ4n) is 4.11. The summed E-state index contributed by atoms with van der Waals surface area (Å²) < 4.78 is 11.9. The zero-order valence-electron chi connectivity index (χ0n) is 20.0. The van der Waals surface area contributed by atoms with Crippen LogP contribution >= 0.6 is 0 Å². The van der Waals surface area contributed by atoms with Gasteiger partial charge in [0.2, 0.25) is 12.4 Å². The van der Waals surface area contributed by atoms with Gasteiger partial charge in [0, 0.05) is 36.0 Å². The summed E-state index contributed by atoms with van der Waals surface area (Å²) in [6.45, 7) is 2.56. The molecule has 4 heterocycles. The Morgan fingerprint density at radius 2 is 2.00 bits per heavy atom. The molecular weight excluding hydrogens is 452 g/mol. The second kappa shape index (κ2) is 9.61. The molecule has 1 aliphatic rings. The van der Waals surface area contributed by atoms with Gasteiger partial charge < -0.3 is 13.9 Å². The molecule has 0 bridgehead atoms. The summed E-state index contributed by atoms with van der Waals surface area (Å²) in [6.07, 6.45) is 15.7. The van der Waals surface area contributed by atoms with Crippen LogP contribution < -0.4 is 14.8 Å². The van der Waals surface area contributed by atoms with Gasteiger partial charge in [-0.25, -0.2) is 4.98 Å². The first-order chi connectivity index (χ1) is 17.7. The summed E-state index contributed by atoms with van der Waals surface area (Å²) in [5.74, 6) is 2.17. The minimum atomic E-state index is 0.0392. The molecule has 0 saturated heterocycles. The Balaban J connectivity index is 1.14. The minimum Gasteiger partial charge on any atom is -0.490 e. The van der Waals surface area contributed by atoms with E-state index >= 15 is 0 Å². The number of nitrogens with zero attached hydrogens (tertiary/aromatic N) is 7. The molecule has 0 aliphatic heterocycles. The van der Waals surface area contributed by atoms with Crippen molar-refractivity contribution in [2.45, 2.75) is 31.7 Å². The van der Waals surface area contributed by atoms with Crippen LogP contribution in [0.4, 0.5) is 5.69 Å². The van der Waals surface area contributed by atoms with Crippen molar-refractivity contribution in [1.82, 2.24) is 29.3 Å². The Bertz CT molecular complexity index is 1440. The Morgan fingerprint density at radius 3 is 2.81 bits per heavy atom. The summed E-state index contributed by atoms with van der Waals surface area (Å²) in [4.78, 5) is 8.64.